The van der Waals surface area contributed by atoms with E-state index in [1.165, 1.54) is 19.3 Å². The van der Waals surface area contributed by atoms with Crippen LogP contribution in [0.3, 0.4) is 0 Å². The van der Waals surface area contributed by atoms with E-state index in [1.807, 2.05) is 24.3 Å². The maximum atomic E-state index is 11.8. The Kier molecular flexibility index (Phi) is 3.41. The van der Waals surface area contributed by atoms with Crippen LogP contribution in [0.2, 0.25) is 0 Å². The Hall–Kier alpha value is -0.830. The molecule has 3 heteroatoms. The first-order valence-electron chi connectivity index (χ1n) is 5.30. The number of hydrogen-bond donors (Lipinski definition) is 1. The molecular weight excluding hydrogens is 254 g/mol. The molecule has 1 aliphatic rings. The van der Waals surface area contributed by atoms with Crippen LogP contribution in [0.25, 0.3) is 0 Å². The number of nitrogens with one attached hydrogen (secondary N) is 1. The first-order valence-corrected chi connectivity index (χ1v) is 6.09. The van der Waals surface area contributed by atoms with E-state index in [0.29, 0.717) is 5.92 Å². The lowest BCUT2D eigenvalue weighted by molar-refractivity contribution is 0.0938. The zero-order valence-corrected chi connectivity index (χ0v) is 10.1. The van der Waals surface area contributed by atoms with Gasteiger partial charge in [0.25, 0.3) is 5.91 Å². The molecule has 1 saturated carbocycles. The average molecular weight is 268 g/mol. The van der Waals surface area contributed by atoms with E-state index in [0.717, 1.165) is 16.6 Å². The summed E-state index contributed by atoms with van der Waals surface area (Å²) in [5.41, 5.74) is 0.719. The summed E-state index contributed by atoms with van der Waals surface area (Å²) in [6.07, 6.45) is 3.84. The molecule has 0 saturated heterocycles. The van der Waals surface area contributed by atoms with Crippen LogP contribution in [0.5, 0.6) is 0 Å². The summed E-state index contributed by atoms with van der Waals surface area (Å²) in [6, 6.07) is 7.51. The van der Waals surface area contributed by atoms with Crippen LogP contribution in [0.15, 0.2) is 28.7 Å². The molecule has 80 valence electrons. The number of rotatable bonds is 3. The summed E-state index contributed by atoms with van der Waals surface area (Å²) in [4.78, 5) is 11.8. The van der Waals surface area contributed by atoms with Crippen LogP contribution in [0.4, 0.5) is 0 Å². The minimum atomic E-state index is 0.0226. The normalized spacial score (nSPS) is 15.8. The van der Waals surface area contributed by atoms with Crippen molar-refractivity contribution in [2.24, 2.45) is 5.92 Å². The number of halogens is 1. The minimum absolute atomic E-state index is 0.0226. The van der Waals surface area contributed by atoms with Crippen molar-refractivity contribution >= 4 is 21.8 Å². The van der Waals surface area contributed by atoms with E-state index in [1.54, 1.807) is 0 Å². The SMILES string of the molecule is O=C(NCC1CCC1)c1ccccc1Br. The van der Waals surface area contributed by atoms with E-state index in [2.05, 4.69) is 21.2 Å². The van der Waals surface area contributed by atoms with Gasteiger partial charge in [-0.15, -0.1) is 0 Å². The molecule has 1 aromatic carbocycles. The third-order valence-electron chi connectivity index (χ3n) is 2.89. The van der Waals surface area contributed by atoms with Crippen LogP contribution in [0.1, 0.15) is 29.6 Å². The molecule has 0 radical (unpaired) electrons. The fourth-order valence-corrected chi connectivity index (χ4v) is 2.14. The predicted octanol–water partition coefficient (Wildman–Crippen LogP) is 2.98. The summed E-state index contributed by atoms with van der Waals surface area (Å²) in [6.45, 7) is 0.820. The largest absolute Gasteiger partial charge is 0.352 e. The molecule has 0 aromatic heterocycles. The number of hydrogen-bond acceptors (Lipinski definition) is 1. The molecule has 2 rings (SSSR count). The summed E-state index contributed by atoms with van der Waals surface area (Å²) >= 11 is 3.37. The fraction of sp³-hybridized carbons (Fsp3) is 0.417. The number of carbonyl (C=O) groups excluding carboxylic acids is 1. The molecule has 0 atom stereocenters. The van der Waals surface area contributed by atoms with Crippen LogP contribution >= 0.6 is 15.9 Å². The predicted molar refractivity (Wildman–Crippen MR) is 63.8 cm³/mol. The van der Waals surface area contributed by atoms with Gasteiger partial charge in [0.2, 0.25) is 0 Å². The second-order valence-electron chi connectivity index (χ2n) is 3.99. The number of benzene rings is 1. The van der Waals surface area contributed by atoms with Gasteiger partial charge in [-0.2, -0.15) is 0 Å². The average Bonchev–Trinajstić information content (AvgIpc) is 2.16. The first kappa shape index (κ1) is 10.7. The van der Waals surface area contributed by atoms with E-state index in [4.69, 9.17) is 0 Å². The molecule has 0 spiro atoms. The highest BCUT2D eigenvalue weighted by atomic mass is 79.9. The molecule has 0 bridgehead atoms. The van der Waals surface area contributed by atoms with Gasteiger partial charge in [-0.3, -0.25) is 4.79 Å². The summed E-state index contributed by atoms with van der Waals surface area (Å²) in [7, 11) is 0. The van der Waals surface area contributed by atoms with Gasteiger partial charge in [-0.25, -0.2) is 0 Å². The molecular formula is C12H14BrNO. The van der Waals surface area contributed by atoms with Gasteiger partial charge >= 0.3 is 0 Å². The Bertz CT molecular complexity index is 360. The van der Waals surface area contributed by atoms with Crippen molar-refractivity contribution in [1.29, 1.82) is 0 Å². The van der Waals surface area contributed by atoms with Crippen LogP contribution in [-0.2, 0) is 0 Å². The van der Waals surface area contributed by atoms with Crippen molar-refractivity contribution in [1.82, 2.24) is 5.32 Å². The standard InChI is InChI=1S/C12H14BrNO/c13-11-7-2-1-6-10(11)12(15)14-8-9-4-3-5-9/h1-2,6-7,9H,3-5,8H2,(H,14,15). The Morgan fingerprint density at radius 3 is 2.73 bits per heavy atom. The highest BCUT2D eigenvalue weighted by Gasteiger charge is 2.18. The lowest BCUT2D eigenvalue weighted by Gasteiger charge is -2.25. The number of carbonyl (C=O) groups is 1. The number of amides is 1. The molecule has 15 heavy (non-hydrogen) atoms. The molecule has 0 aliphatic heterocycles. The summed E-state index contributed by atoms with van der Waals surface area (Å²) in [5, 5.41) is 2.97. The highest BCUT2D eigenvalue weighted by Crippen LogP contribution is 2.25. The van der Waals surface area contributed by atoms with Gasteiger partial charge in [0.05, 0.1) is 5.56 Å². The van der Waals surface area contributed by atoms with Crippen molar-refractivity contribution in [2.75, 3.05) is 6.54 Å². The quantitative estimate of drug-likeness (QED) is 0.897. The molecule has 0 unspecified atom stereocenters. The molecule has 1 aliphatic carbocycles. The maximum absolute atomic E-state index is 11.8. The lowest BCUT2D eigenvalue weighted by atomic mass is 9.85. The van der Waals surface area contributed by atoms with Crippen molar-refractivity contribution in [3.05, 3.63) is 34.3 Å². The second kappa shape index (κ2) is 4.79. The molecule has 1 fully saturated rings. The van der Waals surface area contributed by atoms with Crippen molar-refractivity contribution in [3.63, 3.8) is 0 Å². The van der Waals surface area contributed by atoms with Crippen molar-refractivity contribution < 1.29 is 4.79 Å². The Labute approximate surface area is 98.2 Å². The van der Waals surface area contributed by atoms with Crippen LogP contribution < -0.4 is 5.32 Å². The van der Waals surface area contributed by atoms with E-state index in [9.17, 15) is 4.79 Å². The van der Waals surface area contributed by atoms with Gasteiger partial charge in [0.15, 0.2) is 0 Å². The molecule has 1 aromatic rings. The third-order valence-corrected chi connectivity index (χ3v) is 3.59. The van der Waals surface area contributed by atoms with Gasteiger partial charge < -0.3 is 5.32 Å². The van der Waals surface area contributed by atoms with Gasteiger partial charge in [0, 0.05) is 11.0 Å². The fourth-order valence-electron chi connectivity index (χ4n) is 1.67. The zero-order chi connectivity index (χ0) is 10.7. The van der Waals surface area contributed by atoms with Gasteiger partial charge in [-0.1, -0.05) is 18.6 Å². The van der Waals surface area contributed by atoms with Gasteiger partial charge in [0.1, 0.15) is 0 Å². The van der Waals surface area contributed by atoms with Crippen molar-refractivity contribution in [3.8, 4) is 0 Å². The molecule has 2 nitrogen and oxygen atoms in total. The topological polar surface area (TPSA) is 29.1 Å². The van der Waals surface area contributed by atoms with Crippen LogP contribution in [0, 0.1) is 5.92 Å². The van der Waals surface area contributed by atoms with E-state index >= 15 is 0 Å². The Morgan fingerprint density at radius 2 is 2.13 bits per heavy atom. The minimum Gasteiger partial charge on any atom is -0.352 e. The maximum Gasteiger partial charge on any atom is 0.252 e. The first-order chi connectivity index (χ1) is 7.27. The third kappa shape index (κ3) is 2.59. The highest BCUT2D eigenvalue weighted by molar-refractivity contribution is 9.10. The van der Waals surface area contributed by atoms with E-state index in [-0.39, 0.29) is 5.91 Å². The zero-order valence-electron chi connectivity index (χ0n) is 8.50. The second-order valence-corrected chi connectivity index (χ2v) is 4.84. The summed E-state index contributed by atoms with van der Waals surface area (Å²) in [5.74, 6) is 0.728. The van der Waals surface area contributed by atoms with E-state index < -0.39 is 0 Å². The smallest absolute Gasteiger partial charge is 0.252 e. The molecule has 1 amide bonds. The van der Waals surface area contributed by atoms with Crippen molar-refractivity contribution in [2.45, 2.75) is 19.3 Å². The molecule has 0 heterocycles. The lowest BCUT2D eigenvalue weighted by Crippen LogP contribution is -2.32. The Morgan fingerprint density at radius 1 is 1.40 bits per heavy atom. The monoisotopic (exact) mass is 267 g/mol. The Balaban J connectivity index is 1.92. The molecule has 1 N–H and O–H groups in total. The van der Waals surface area contributed by atoms with Gasteiger partial charge in [-0.05, 0) is 46.8 Å². The van der Waals surface area contributed by atoms with Crippen LogP contribution in [-0.4, -0.2) is 12.5 Å². The summed E-state index contributed by atoms with van der Waals surface area (Å²) < 4.78 is 0.858.